The zero-order valence-electron chi connectivity index (χ0n) is 16.7. The molecule has 3 aliphatic rings. The number of nitrogens with one attached hydrogen (secondary N) is 1. The van der Waals surface area contributed by atoms with Crippen molar-refractivity contribution >= 4 is 40.3 Å². The highest BCUT2D eigenvalue weighted by Crippen LogP contribution is 2.51. The maximum absolute atomic E-state index is 13.1. The van der Waals surface area contributed by atoms with Gasteiger partial charge in [-0.25, -0.2) is 0 Å². The van der Waals surface area contributed by atoms with Crippen LogP contribution in [0.1, 0.15) is 34.9 Å². The molecule has 31 heavy (non-hydrogen) atoms. The summed E-state index contributed by atoms with van der Waals surface area (Å²) in [6, 6.07) is 22.3. The molecule has 0 radical (unpaired) electrons. The third-order valence-electron chi connectivity index (χ3n) is 6.32. The van der Waals surface area contributed by atoms with Crippen LogP contribution in [-0.2, 0) is 4.79 Å². The number of para-hydroxylation sites is 2. The largest absolute Gasteiger partial charge is 0.486 e. The van der Waals surface area contributed by atoms with Gasteiger partial charge in [-0.15, -0.1) is 0 Å². The number of ether oxygens (including phenoxy) is 2. The van der Waals surface area contributed by atoms with Gasteiger partial charge >= 0.3 is 0 Å². The van der Waals surface area contributed by atoms with Crippen molar-refractivity contribution in [2.45, 2.75) is 24.4 Å². The minimum atomic E-state index is -0.239. The number of halogens is 1. The molecule has 0 aromatic heterocycles. The van der Waals surface area contributed by atoms with Crippen molar-refractivity contribution in [2.24, 2.45) is 0 Å². The third kappa shape index (κ3) is 3.22. The van der Waals surface area contributed by atoms with Crippen LogP contribution >= 0.6 is 22.6 Å². The van der Waals surface area contributed by atoms with Crippen molar-refractivity contribution in [3.63, 3.8) is 0 Å². The Labute approximate surface area is 194 Å². The third-order valence-corrected chi connectivity index (χ3v) is 7.00. The molecule has 2 heterocycles. The van der Waals surface area contributed by atoms with Crippen LogP contribution < -0.4 is 14.8 Å². The first kappa shape index (κ1) is 18.9. The van der Waals surface area contributed by atoms with E-state index in [4.69, 9.17) is 9.47 Å². The molecular weight excluding hydrogens is 501 g/mol. The van der Waals surface area contributed by atoms with Crippen molar-refractivity contribution in [1.29, 1.82) is 0 Å². The van der Waals surface area contributed by atoms with E-state index in [0.717, 1.165) is 32.7 Å². The van der Waals surface area contributed by atoms with E-state index in [-0.39, 0.29) is 23.8 Å². The second-order valence-corrected chi connectivity index (χ2v) is 9.47. The molecular formula is C26H20INO3. The molecule has 6 rings (SSSR count). The van der Waals surface area contributed by atoms with Crippen molar-refractivity contribution in [1.82, 2.24) is 0 Å². The number of rotatable bonds is 3. The van der Waals surface area contributed by atoms with E-state index in [2.05, 4.69) is 64.3 Å². The van der Waals surface area contributed by atoms with E-state index in [1.807, 2.05) is 36.4 Å². The molecule has 0 saturated heterocycles. The van der Waals surface area contributed by atoms with E-state index >= 15 is 0 Å². The molecule has 1 amide bonds. The predicted molar refractivity (Wildman–Crippen MR) is 129 cm³/mol. The summed E-state index contributed by atoms with van der Waals surface area (Å²) in [5, 5.41) is 3.09. The molecule has 0 bridgehead atoms. The lowest BCUT2D eigenvalue weighted by molar-refractivity contribution is -0.117. The number of hydrogen-bond donors (Lipinski definition) is 1. The molecule has 2 aliphatic heterocycles. The topological polar surface area (TPSA) is 47.6 Å². The molecule has 0 fully saturated rings. The average Bonchev–Trinajstić information content (AvgIpc) is 3.29. The molecule has 3 atom stereocenters. The lowest BCUT2D eigenvalue weighted by Gasteiger charge is -2.29. The quantitative estimate of drug-likeness (QED) is 0.448. The van der Waals surface area contributed by atoms with Crippen molar-refractivity contribution < 1.29 is 14.3 Å². The normalized spacial score (nSPS) is 23.1. The number of anilines is 1. The van der Waals surface area contributed by atoms with E-state index in [9.17, 15) is 4.79 Å². The van der Waals surface area contributed by atoms with Gasteiger partial charge in [-0.2, -0.15) is 0 Å². The van der Waals surface area contributed by atoms with E-state index in [1.54, 1.807) is 0 Å². The summed E-state index contributed by atoms with van der Waals surface area (Å²) < 4.78 is 13.3. The minimum absolute atomic E-state index is 0.00331. The molecule has 1 N–H and O–H groups in total. The van der Waals surface area contributed by atoms with Gasteiger partial charge in [0.2, 0.25) is 5.91 Å². The van der Waals surface area contributed by atoms with E-state index in [1.165, 1.54) is 16.7 Å². The van der Waals surface area contributed by atoms with Gasteiger partial charge in [0.25, 0.3) is 0 Å². The van der Waals surface area contributed by atoms with Crippen LogP contribution in [0.3, 0.4) is 0 Å². The smallest absolute Gasteiger partial charge is 0.232 e. The van der Waals surface area contributed by atoms with Crippen molar-refractivity contribution in [3.8, 4) is 11.5 Å². The highest BCUT2D eigenvalue weighted by atomic mass is 127. The van der Waals surface area contributed by atoms with Gasteiger partial charge < -0.3 is 14.8 Å². The second-order valence-electron chi connectivity index (χ2n) is 8.23. The zero-order chi connectivity index (χ0) is 20.9. The van der Waals surface area contributed by atoms with Crippen LogP contribution in [0.2, 0.25) is 0 Å². The van der Waals surface area contributed by atoms with Crippen LogP contribution in [0.5, 0.6) is 11.5 Å². The van der Waals surface area contributed by atoms with Gasteiger partial charge in [0.05, 0.1) is 5.92 Å². The highest BCUT2D eigenvalue weighted by molar-refractivity contribution is 14.1. The van der Waals surface area contributed by atoms with Gasteiger partial charge in [-0.05, 0) is 69.6 Å². The van der Waals surface area contributed by atoms with Crippen molar-refractivity contribution in [3.05, 3.63) is 92.6 Å². The minimum Gasteiger partial charge on any atom is -0.486 e. The number of hydrogen-bond acceptors (Lipinski definition) is 3. The first-order valence-corrected chi connectivity index (χ1v) is 11.5. The molecule has 0 saturated carbocycles. The lowest BCUT2D eigenvalue weighted by Crippen LogP contribution is -2.30. The summed E-state index contributed by atoms with van der Waals surface area (Å²) >= 11 is 2.31. The van der Waals surface area contributed by atoms with Crippen LogP contribution in [0, 0.1) is 3.57 Å². The number of amides is 1. The molecule has 154 valence electrons. The molecule has 3 unspecified atom stereocenters. The van der Waals surface area contributed by atoms with Gasteiger partial charge in [0.15, 0.2) is 11.5 Å². The number of carbonyl (C=O) groups excluding carboxylic acids is 1. The molecule has 4 nitrogen and oxygen atoms in total. The van der Waals surface area contributed by atoms with Crippen LogP contribution in [-0.4, -0.2) is 18.6 Å². The number of carbonyl (C=O) groups is 1. The first-order valence-electron chi connectivity index (χ1n) is 10.5. The Hall–Kier alpha value is -2.80. The summed E-state index contributed by atoms with van der Waals surface area (Å²) in [5.74, 6) is 1.39. The number of fused-ring (bicyclic) bond motifs is 3. The Balaban J connectivity index is 1.36. The lowest BCUT2D eigenvalue weighted by atomic mass is 9.78. The fourth-order valence-electron chi connectivity index (χ4n) is 5.01. The summed E-state index contributed by atoms with van der Waals surface area (Å²) in [6.07, 6.45) is 2.87. The average molecular weight is 521 g/mol. The molecule has 3 aromatic carbocycles. The highest BCUT2D eigenvalue weighted by Gasteiger charge is 2.42. The Kier molecular flexibility index (Phi) is 4.52. The predicted octanol–water partition coefficient (Wildman–Crippen LogP) is 5.74. The SMILES string of the molecule is O=C1Nc2ccc(I)cc2C1C1C(CC2COc3ccccc3O2)=Cc2ccccc21. The Morgan fingerprint density at radius 1 is 0.935 bits per heavy atom. The molecule has 0 spiro atoms. The van der Waals surface area contributed by atoms with Crippen LogP contribution in [0.25, 0.3) is 6.08 Å². The van der Waals surface area contributed by atoms with Gasteiger partial charge in [0, 0.05) is 21.6 Å². The van der Waals surface area contributed by atoms with Crippen LogP contribution in [0.4, 0.5) is 5.69 Å². The monoisotopic (exact) mass is 521 g/mol. The Bertz CT molecular complexity index is 1230. The van der Waals surface area contributed by atoms with E-state index in [0.29, 0.717) is 6.61 Å². The summed E-state index contributed by atoms with van der Waals surface area (Å²) in [7, 11) is 0. The standard InChI is InChI=1S/C26H20INO3/c27-17-9-10-21-20(13-17)25(26(29)28-21)24-16(11-15-5-1-2-6-19(15)24)12-18-14-30-22-7-3-4-8-23(22)31-18/h1-11,13,18,24-25H,12,14H2,(H,28,29). The fourth-order valence-corrected chi connectivity index (χ4v) is 5.52. The first-order chi connectivity index (χ1) is 15.2. The Morgan fingerprint density at radius 2 is 1.74 bits per heavy atom. The Morgan fingerprint density at radius 3 is 2.65 bits per heavy atom. The summed E-state index contributed by atoms with van der Waals surface area (Å²) in [4.78, 5) is 13.1. The fraction of sp³-hybridized carbons (Fsp3) is 0.192. The summed E-state index contributed by atoms with van der Waals surface area (Å²) in [5.41, 5.74) is 5.62. The molecule has 5 heteroatoms. The molecule has 3 aromatic rings. The van der Waals surface area contributed by atoms with Gasteiger partial charge in [-0.3, -0.25) is 4.79 Å². The summed E-state index contributed by atoms with van der Waals surface area (Å²) in [6.45, 7) is 0.503. The second kappa shape index (κ2) is 7.41. The van der Waals surface area contributed by atoms with Gasteiger partial charge in [0.1, 0.15) is 12.7 Å². The zero-order valence-corrected chi connectivity index (χ0v) is 18.8. The van der Waals surface area contributed by atoms with Crippen LogP contribution in [0.15, 0.2) is 72.3 Å². The molecule has 1 aliphatic carbocycles. The van der Waals surface area contributed by atoms with Crippen molar-refractivity contribution in [2.75, 3.05) is 11.9 Å². The maximum Gasteiger partial charge on any atom is 0.232 e. The van der Waals surface area contributed by atoms with Gasteiger partial charge in [-0.1, -0.05) is 48.0 Å². The maximum atomic E-state index is 13.1. The van der Waals surface area contributed by atoms with E-state index < -0.39 is 0 Å². The number of benzene rings is 3.